The van der Waals surface area contributed by atoms with Crippen molar-refractivity contribution in [2.45, 2.75) is 6.42 Å². The number of nitriles is 1. The molecule has 0 bridgehead atoms. The first kappa shape index (κ1) is 8.21. The molecular weight excluding hydrogens is 162 g/mol. The number of hydrogen-bond acceptors (Lipinski definition) is 3. The monoisotopic (exact) mass is 173 g/mol. The van der Waals surface area contributed by atoms with Crippen LogP contribution in [0.2, 0.25) is 0 Å². The molecule has 2 rings (SSSR count). The van der Waals surface area contributed by atoms with Gasteiger partial charge in [-0.15, -0.1) is 0 Å². The average Bonchev–Trinajstić information content (AvgIpc) is 2.12. The third-order valence-corrected chi connectivity index (χ3v) is 2.33. The van der Waals surface area contributed by atoms with Crippen LogP contribution in [0, 0.1) is 17.2 Å². The van der Waals surface area contributed by atoms with Crippen LogP contribution in [-0.2, 0) is 6.42 Å². The SMILES string of the molecule is N#Cc1cc(CC2CNC2)ccn1. The molecule has 1 aromatic heterocycles. The van der Waals surface area contributed by atoms with Crippen LogP contribution in [0.1, 0.15) is 11.3 Å². The Labute approximate surface area is 77.4 Å². The Bertz CT molecular complexity index is 336. The summed E-state index contributed by atoms with van der Waals surface area (Å²) in [7, 11) is 0. The van der Waals surface area contributed by atoms with Crippen LogP contribution in [0.15, 0.2) is 18.3 Å². The van der Waals surface area contributed by atoms with Crippen molar-refractivity contribution in [3.8, 4) is 6.07 Å². The molecule has 0 aromatic carbocycles. The van der Waals surface area contributed by atoms with Crippen LogP contribution in [-0.4, -0.2) is 18.1 Å². The van der Waals surface area contributed by atoms with E-state index in [-0.39, 0.29) is 0 Å². The van der Waals surface area contributed by atoms with Crippen LogP contribution >= 0.6 is 0 Å². The van der Waals surface area contributed by atoms with Crippen LogP contribution in [0.4, 0.5) is 0 Å². The lowest BCUT2D eigenvalue weighted by atomic mass is 9.95. The van der Waals surface area contributed by atoms with Crippen LogP contribution in [0.3, 0.4) is 0 Å². The van der Waals surface area contributed by atoms with Gasteiger partial charge < -0.3 is 5.32 Å². The van der Waals surface area contributed by atoms with Gasteiger partial charge in [0.15, 0.2) is 0 Å². The summed E-state index contributed by atoms with van der Waals surface area (Å²) >= 11 is 0. The molecule has 1 aromatic rings. The van der Waals surface area contributed by atoms with Gasteiger partial charge in [-0.1, -0.05) is 0 Å². The highest BCUT2D eigenvalue weighted by molar-refractivity contribution is 5.25. The first-order chi connectivity index (χ1) is 6.38. The van der Waals surface area contributed by atoms with Crippen molar-refractivity contribution in [2.24, 2.45) is 5.92 Å². The molecular formula is C10H11N3. The Balaban J connectivity index is 2.07. The van der Waals surface area contributed by atoms with Gasteiger partial charge in [0.25, 0.3) is 0 Å². The largest absolute Gasteiger partial charge is 0.316 e. The zero-order chi connectivity index (χ0) is 9.10. The van der Waals surface area contributed by atoms with Crippen molar-refractivity contribution in [3.05, 3.63) is 29.6 Å². The molecule has 0 radical (unpaired) electrons. The van der Waals surface area contributed by atoms with Gasteiger partial charge >= 0.3 is 0 Å². The first-order valence-electron chi connectivity index (χ1n) is 4.44. The molecule has 2 heterocycles. The van der Waals surface area contributed by atoms with Crippen LogP contribution in [0.5, 0.6) is 0 Å². The van der Waals surface area contributed by atoms with Crippen molar-refractivity contribution < 1.29 is 0 Å². The van der Waals surface area contributed by atoms with Gasteiger partial charge in [0, 0.05) is 6.20 Å². The summed E-state index contributed by atoms with van der Waals surface area (Å²) in [6, 6.07) is 5.91. The summed E-state index contributed by atoms with van der Waals surface area (Å²) in [5.74, 6) is 0.744. The normalized spacial score (nSPS) is 16.2. The number of rotatable bonds is 2. The minimum Gasteiger partial charge on any atom is -0.316 e. The summed E-state index contributed by atoms with van der Waals surface area (Å²) in [6.45, 7) is 2.20. The molecule has 0 spiro atoms. The minimum atomic E-state index is 0.518. The Morgan fingerprint density at radius 2 is 2.46 bits per heavy atom. The fourth-order valence-corrected chi connectivity index (χ4v) is 1.49. The molecule has 0 aliphatic carbocycles. The van der Waals surface area contributed by atoms with E-state index in [1.807, 2.05) is 18.2 Å². The molecule has 1 aliphatic heterocycles. The third-order valence-electron chi connectivity index (χ3n) is 2.33. The quantitative estimate of drug-likeness (QED) is 0.716. The van der Waals surface area contributed by atoms with Crippen molar-refractivity contribution in [1.29, 1.82) is 5.26 Å². The van der Waals surface area contributed by atoms with Gasteiger partial charge in [0.1, 0.15) is 11.8 Å². The number of pyridine rings is 1. The molecule has 13 heavy (non-hydrogen) atoms. The van der Waals surface area contributed by atoms with E-state index in [9.17, 15) is 0 Å². The molecule has 3 heteroatoms. The molecule has 1 saturated heterocycles. The Morgan fingerprint density at radius 3 is 3.08 bits per heavy atom. The van der Waals surface area contributed by atoms with E-state index in [1.54, 1.807) is 6.20 Å². The van der Waals surface area contributed by atoms with Gasteiger partial charge in [0.05, 0.1) is 0 Å². The molecule has 1 fully saturated rings. The van der Waals surface area contributed by atoms with E-state index >= 15 is 0 Å². The van der Waals surface area contributed by atoms with Crippen LogP contribution in [0.25, 0.3) is 0 Å². The maximum atomic E-state index is 8.64. The standard InChI is InChI=1S/C10H11N3/c11-5-10-4-8(1-2-13-10)3-9-6-12-7-9/h1-2,4,9,12H,3,6-7H2. The number of aromatic nitrogens is 1. The van der Waals surface area contributed by atoms with Crippen LogP contribution < -0.4 is 5.32 Å². The summed E-state index contributed by atoms with van der Waals surface area (Å²) in [5, 5.41) is 11.9. The van der Waals surface area contributed by atoms with E-state index in [2.05, 4.69) is 10.3 Å². The highest BCUT2D eigenvalue weighted by Gasteiger charge is 2.16. The molecule has 0 saturated carbocycles. The van der Waals surface area contributed by atoms with Gasteiger partial charge in [0.2, 0.25) is 0 Å². The van der Waals surface area contributed by atoms with Gasteiger partial charge in [-0.25, -0.2) is 4.98 Å². The molecule has 66 valence electrons. The summed E-state index contributed by atoms with van der Waals surface area (Å²) < 4.78 is 0. The lowest BCUT2D eigenvalue weighted by Crippen LogP contribution is -2.43. The zero-order valence-corrected chi connectivity index (χ0v) is 7.33. The van der Waals surface area contributed by atoms with Crippen molar-refractivity contribution in [3.63, 3.8) is 0 Å². The van der Waals surface area contributed by atoms with E-state index in [1.165, 1.54) is 5.56 Å². The maximum Gasteiger partial charge on any atom is 0.140 e. The molecule has 1 aliphatic rings. The molecule has 0 atom stereocenters. The number of hydrogen-bond donors (Lipinski definition) is 1. The van der Waals surface area contributed by atoms with Gasteiger partial charge in [-0.3, -0.25) is 0 Å². The minimum absolute atomic E-state index is 0.518. The van der Waals surface area contributed by atoms with E-state index < -0.39 is 0 Å². The second-order valence-electron chi connectivity index (χ2n) is 3.39. The van der Waals surface area contributed by atoms with Gasteiger partial charge in [-0.05, 0) is 43.1 Å². The Hall–Kier alpha value is -1.40. The Morgan fingerprint density at radius 1 is 1.62 bits per heavy atom. The van der Waals surface area contributed by atoms with Gasteiger partial charge in [-0.2, -0.15) is 5.26 Å². The predicted molar refractivity (Wildman–Crippen MR) is 49.0 cm³/mol. The Kier molecular flexibility index (Phi) is 2.24. The predicted octanol–water partition coefficient (Wildman–Crippen LogP) is 0.715. The van der Waals surface area contributed by atoms with Crippen molar-refractivity contribution in [2.75, 3.05) is 13.1 Å². The smallest absolute Gasteiger partial charge is 0.140 e. The summed E-state index contributed by atoms with van der Waals surface area (Å²) in [6.07, 6.45) is 2.77. The van der Waals surface area contributed by atoms with E-state index in [0.717, 1.165) is 25.4 Å². The van der Waals surface area contributed by atoms with Crippen molar-refractivity contribution >= 4 is 0 Å². The molecule has 1 N–H and O–H groups in total. The fourth-order valence-electron chi connectivity index (χ4n) is 1.49. The summed E-state index contributed by atoms with van der Waals surface area (Å²) in [5.41, 5.74) is 1.74. The number of nitrogens with zero attached hydrogens (tertiary/aromatic N) is 2. The molecule has 0 unspecified atom stereocenters. The highest BCUT2D eigenvalue weighted by Crippen LogP contribution is 2.12. The maximum absolute atomic E-state index is 8.64. The molecule has 0 amide bonds. The second kappa shape index (κ2) is 3.55. The van der Waals surface area contributed by atoms with E-state index in [4.69, 9.17) is 5.26 Å². The lowest BCUT2D eigenvalue weighted by molar-refractivity contribution is 0.346. The highest BCUT2D eigenvalue weighted by atomic mass is 14.9. The first-order valence-corrected chi connectivity index (χ1v) is 4.44. The topological polar surface area (TPSA) is 48.7 Å². The zero-order valence-electron chi connectivity index (χ0n) is 7.33. The molecule has 3 nitrogen and oxygen atoms in total. The summed E-state index contributed by atoms with van der Waals surface area (Å²) in [4.78, 5) is 3.93. The fraction of sp³-hybridized carbons (Fsp3) is 0.400. The van der Waals surface area contributed by atoms with Crippen molar-refractivity contribution in [1.82, 2.24) is 10.3 Å². The van der Waals surface area contributed by atoms with E-state index in [0.29, 0.717) is 5.69 Å². The number of nitrogens with one attached hydrogen (secondary N) is 1. The average molecular weight is 173 g/mol. The second-order valence-corrected chi connectivity index (χ2v) is 3.39. The third kappa shape index (κ3) is 1.85. The lowest BCUT2D eigenvalue weighted by Gasteiger charge is -2.26.